The van der Waals surface area contributed by atoms with E-state index in [4.69, 9.17) is 13.3 Å². The van der Waals surface area contributed by atoms with Gasteiger partial charge in [0.2, 0.25) is 0 Å². The van der Waals surface area contributed by atoms with Gasteiger partial charge >= 0.3 is 8.80 Å². The molecule has 0 unspecified atom stereocenters. The molecule has 1 aromatic carbocycles. The molecule has 0 N–H and O–H groups in total. The normalized spacial score (nSPS) is 12.1. The number of rotatable bonds is 12. The van der Waals surface area contributed by atoms with Crippen LogP contribution in [0.1, 0.15) is 45.7 Å². The minimum Gasteiger partial charge on any atom is -0.371 e. The van der Waals surface area contributed by atoms with Gasteiger partial charge in [-0.25, -0.2) is 0 Å². The summed E-state index contributed by atoms with van der Waals surface area (Å²) in [6.45, 7) is 10.2. The minimum atomic E-state index is -2.82. The number of ketones is 2. The molecule has 0 fully saturated rings. The third-order valence-corrected chi connectivity index (χ3v) is 6.57. The van der Waals surface area contributed by atoms with E-state index in [1.54, 1.807) is 0 Å². The summed E-state index contributed by atoms with van der Waals surface area (Å²) in [5.74, 6) is -0.755. The Kier molecular flexibility index (Phi) is 9.65. The van der Waals surface area contributed by atoms with E-state index in [1.165, 1.54) is 13.8 Å². The van der Waals surface area contributed by atoms with Gasteiger partial charge in [0.1, 0.15) is 11.6 Å². The summed E-state index contributed by atoms with van der Waals surface area (Å²) in [5.41, 5.74) is 3.83. The summed E-state index contributed by atoms with van der Waals surface area (Å²) in [6, 6.07) is 7.77. The topological polar surface area (TPSA) is 61.8 Å². The maximum atomic E-state index is 11.6. The van der Waals surface area contributed by atoms with Crippen LogP contribution in [0.4, 0.5) is 0 Å². The maximum absolute atomic E-state index is 11.6. The van der Waals surface area contributed by atoms with Crippen molar-refractivity contribution in [1.29, 1.82) is 0 Å². The number of carbonyl (C=O) groups excluding carboxylic acids is 2. The first-order valence-electron chi connectivity index (χ1n) is 9.08. The first kappa shape index (κ1) is 22.4. The number of hydrogen-bond acceptors (Lipinski definition) is 5. The van der Waals surface area contributed by atoms with Crippen LogP contribution in [0.25, 0.3) is 6.08 Å². The highest BCUT2D eigenvalue weighted by molar-refractivity contribution is 6.67. The van der Waals surface area contributed by atoms with Gasteiger partial charge in [-0.2, -0.15) is 0 Å². The molecule has 0 aliphatic heterocycles. The van der Waals surface area contributed by atoms with Crippen molar-refractivity contribution in [2.24, 2.45) is 5.92 Å². The number of carbonyl (C=O) groups is 2. The van der Waals surface area contributed by atoms with Crippen LogP contribution < -0.4 is 0 Å². The van der Waals surface area contributed by atoms with Crippen LogP contribution in [-0.4, -0.2) is 40.2 Å². The molecule has 6 heteroatoms. The summed E-state index contributed by atoms with van der Waals surface area (Å²) < 4.78 is 17.4. The quantitative estimate of drug-likeness (QED) is 0.411. The molecular weight excluding hydrogens is 348 g/mol. The first-order chi connectivity index (χ1) is 12.4. The van der Waals surface area contributed by atoms with Crippen LogP contribution in [0, 0.1) is 5.92 Å². The van der Waals surface area contributed by atoms with Gasteiger partial charge in [0, 0.05) is 19.8 Å². The van der Waals surface area contributed by atoms with Crippen molar-refractivity contribution in [2.75, 3.05) is 19.8 Å². The Bertz CT molecular complexity index is 578. The van der Waals surface area contributed by atoms with Crippen LogP contribution in [0.2, 0.25) is 0 Å². The molecule has 5 nitrogen and oxygen atoms in total. The van der Waals surface area contributed by atoms with Crippen LogP contribution in [0.15, 0.2) is 30.0 Å². The van der Waals surface area contributed by atoms with Gasteiger partial charge in [-0.1, -0.05) is 30.3 Å². The van der Waals surface area contributed by atoms with Gasteiger partial charge in [-0.05, 0) is 57.9 Å². The zero-order valence-electron chi connectivity index (χ0n) is 16.4. The molecule has 144 valence electrons. The van der Waals surface area contributed by atoms with Crippen LogP contribution >= 0.6 is 0 Å². The second-order valence-corrected chi connectivity index (χ2v) is 8.36. The Morgan fingerprint density at radius 3 is 1.77 bits per heavy atom. The van der Waals surface area contributed by atoms with E-state index in [0.717, 1.165) is 11.1 Å². The molecule has 0 spiro atoms. The van der Waals surface area contributed by atoms with Crippen molar-refractivity contribution < 1.29 is 22.9 Å². The molecule has 1 rings (SSSR count). The molecule has 0 radical (unpaired) electrons. The SMILES string of the molecule is CCO[Si](/C=C/c1ccc(CC(C(C)=O)C(C)=O)cc1)(OCC)OCC. The predicted molar refractivity (Wildman–Crippen MR) is 105 cm³/mol. The molecule has 26 heavy (non-hydrogen) atoms. The molecule has 0 bridgehead atoms. The molecule has 0 saturated carbocycles. The van der Waals surface area contributed by atoms with Crippen molar-refractivity contribution in [2.45, 2.75) is 41.0 Å². The summed E-state index contributed by atoms with van der Waals surface area (Å²) in [7, 11) is -2.82. The van der Waals surface area contributed by atoms with E-state index in [0.29, 0.717) is 26.2 Å². The summed E-state index contributed by atoms with van der Waals surface area (Å²) in [4.78, 5) is 23.2. The smallest absolute Gasteiger partial charge is 0.371 e. The zero-order chi connectivity index (χ0) is 19.6. The average molecular weight is 379 g/mol. The highest BCUT2D eigenvalue weighted by Gasteiger charge is 2.37. The standard InChI is InChI=1S/C20H30O5Si/c1-6-23-26(24-7-2,25-8-3)14-13-18-9-11-19(12-10-18)15-20(16(4)21)17(5)22/h9-14,20H,6-8,15H2,1-5H3/b14-13+. The van der Waals surface area contributed by atoms with E-state index >= 15 is 0 Å². The number of Topliss-reactive ketones (excluding diaryl/α,β-unsaturated/α-hetero) is 2. The third kappa shape index (κ3) is 6.95. The summed E-state index contributed by atoms with van der Waals surface area (Å²) in [6.07, 6.45) is 2.37. The molecule has 0 saturated heterocycles. The Balaban J connectivity index is 2.91. The Morgan fingerprint density at radius 1 is 0.923 bits per heavy atom. The fraction of sp³-hybridized carbons (Fsp3) is 0.500. The van der Waals surface area contributed by atoms with Crippen LogP contribution in [0.5, 0.6) is 0 Å². The lowest BCUT2D eigenvalue weighted by Crippen LogP contribution is -2.44. The Morgan fingerprint density at radius 2 is 1.38 bits per heavy atom. The minimum absolute atomic E-state index is 0.0950. The van der Waals surface area contributed by atoms with Crippen molar-refractivity contribution >= 4 is 26.4 Å². The molecule has 1 aromatic rings. The van der Waals surface area contributed by atoms with Crippen molar-refractivity contribution in [3.05, 3.63) is 41.1 Å². The predicted octanol–water partition coefficient (Wildman–Crippen LogP) is 3.62. The second-order valence-electron chi connectivity index (χ2n) is 5.96. The van der Waals surface area contributed by atoms with Gasteiger partial charge in [-0.3, -0.25) is 9.59 Å². The van der Waals surface area contributed by atoms with Crippen molar-refractivity contribution in [1.82, 2.24) is 0 Å². The molecule has 0 atom stereocenters. The fourth-order valence-corrected chi connectivity index (χ4v) is 4.79. The van der Waals surface area contributed by atoms with E-state index in [1.807, 2.05) is 56.8 Å². The van der Waals surface area contributed by atoms with Crippen LogP contribution in [-0.2, 0) is 29.3 Å². The molecule has 0 aromatic heterocycles. The number of benzene rings is 1. The largest absolute Gasteiger partial charge is 0.529 e. The van der Waals surface area contributed by atoms with Gasteiger partial charge in [0.05, 0.1) is 5.92 Å². The number of hydrogen-bond donors (Lipinski definition) is 0. The molecular formula is C20H30O5Si. The average Bonchev–Trinajstić information content (AvgIpc) is 2.59. The fourth-order valence-electron chi connectivity index (χ4n) is 2.65. The third-order valence-electron chi connectivity index (χ3n) is 3.92. The second kappa shape index (κ2) is 11.2. The lowest BCUT2D eigenvalue weighted by atomic mass is 9.92. The van der Waals surface area contributed by atoms with E-state index < -0.39 is 14.7 Å². The lowest BCUT2D eigenvalue weighted by molar-refractivity contribution is -0.130. The Labute approximate surface area is 157 Å². The zero-order valence-corrected chi connectivity index (χ0v) is 17.4. The first-order valence-corrected chi connectivity index (χ1v) is 10.9. The maximum Gasteiger partial charge on any atom is 0.529 e. The van der Waals surface area contributed by atoms with E-state index in [-0.39, 0.29) is 11.6 Å². The van der Waals surface area contributed by atoms with Crippen molar-refractivity contribution in [3.8, 4) is 0 Å². The van der Waals surface area contributed by atoms with Crippen LogP contribution in [0.3, 0.4) is 0 Å². The molecule has 0 amide bonds. The van der Waals surface area contributed by atoms with Crippen molar-refractivity contribution in [3.63, 3.8) is 0 Å². The van der Waals surface area contributed by atoms with Gasteiger partial charge in [0.25, 0.3) is 0 Å². The molecule has 0 aliphatic rings. The summed E-state index contributed by atoms with van der Waals surface area (Å²) in [5, 5.41) is 0. The monoisotopic (exact) mass is 378 g/mol. The van der Waals surface area contributed by atoms with E-state index in [9.17, 15) is 9.59 Å². The van der Waals surface area contributed by atoms with Gasteiger partial charge in [0.15, 0.2) is 0 Å². The molecule has 0 heterocycles. The van der Waals surface area contributed by atoms with Gasteiger partial charge in [-0.15, -0.1) is 0 Å². The van der Waals surface area contributed by atoms with Gasteiger partial charge < -0.3 is 13.3 Å². The highest BCUT2D eigenvalue weighted by Crippen LogP contribution is 2.17. The van der Waals surface area contributed by atoms with E-state index in [2.05, 4.69) is 0 Å². The lowest BCUT2D eigenvalue weighted by Gasteiger charge is -2.25. The highest BCUT2D eigenvalue weighted by atomic mass is 28.4. The Hall–Kier alpha value is -1.60. The molecule has 0 aliphatic carbocycles. The summed E-state index contributed by atoms with van der Waals surface area (Å²) >= 11 is 0.